The highest BCUT2D eigenvalue weighted by Gasteiger charge is 2.16. The topological polar surface area (TPSA) is 88.8 Å². The Balaban J connectivity index is 2.07. The molecular weight excluding hydrogens is 318 g/mol. The number of carbonyl (C=O) groups excluding carboxylic acids is 1. The van der Waals surface area contributed by atoms with E-state index in [0.29, 0.717) is 15.4 Å². The number of rotatable bonds is 4. The molecule has 1 amide bonds. The van der Waals surface area contributed by atoms with Crippen molar-refractivity contribution in [3.8, 4) is 11.1 Å². The zero-order valence-electron chi connectivity index (χ0n) is 11.7. The lowest BCUT2D eigenvalue weighted by Gasteiger charge is -2.05. The third-order valence-electron chi connectivity index (χ3n) is 3.20. The Hall–Kier alpha value is -2.12. The summed E-state index contributed by atoms with van der Waals surface area (Å²) in [6.45, 7) is 1.68. The van der Waals surface area contributed by atoms with Gasteiger partial charge in [-0.1, -0.05) is 42.1 Å². The fourth-order valence-electron chi connectivity index (χ4n) is 2.04. The number of fused-ring (bicyclic) bond motifs is 1. The molecule has 0 radical (unpaired) electrons. The van der Waals surface area contributed by atoms with Crippen molar-refractivity contribution in [3.05, 3.63) is 46.1 Å². The van der Waals surface area contributed by atoms with E-state index in [2.05, 4.69) is 9.97 Å². The molecule has 0 saturated heterocycles. The molecule has 112 valence electrons. The summed E-state index contributed by atoms with van der Waals surface area (Å²) in [4.78, 5) is 31.3. The molecule has 2 aromatic heterocycles. The minimum absolute atomic E-state index is 0.204. The highest BCUT2D eigenvalue weighted by molar-refractivity contribution is 8.00. The van der Waals surface area contributed by atoms with Crippen LogP contribution in [0, 0.1) is 0 Å². The van der Waals surface area contributed by atoms with Gasteiger partial charge in [0.15, 0.2) is 5.16 Å². The van der Waals surface area contributed by atoms with Crippen molar-refractivity contribution >= 4 is 39.2 Å². The number of nitrogens with two attached hydrogens (primary N) is 1. The molecule has 1 aromatic carbocycles. The molecule has 7 heteroatoms. The van der Waals surface area contributed by atoms with Crippen LogP contribution >= 0.6 is 23.1 Å². The van der Waals surface area contributed by atoms with Crippen molar-refractivity contribution in [3.63, 3.8) is 0 Å². The van der Waals surface area contributed by atoms with Crippen LogP contribution in [-0.2, 0) is 4.79 Å². The summed E-state index contributed by atoms with van der Waals surface area (Å²) in [5, 5.41) is 2.46. The Morgan fingerprint density at radius 3 is 2.77 bits per heavy atom. The summed E-state index contributed by atoms with van der Waals surface area (Å²) < 4.78 is 0. The lowest BCUT2D eigenvalue weighted by molar-refractivity contribution is -0.117. The number of benzene rings is 1. The second kappa shape index (κ2) is 5.94. The quantitative estimate of drug-likeness (QED) is 0.568. The van der Waals surface area contributed by atoms with Crippen LogP contribution in [0.25, 0.3) is 21.3 Å². The molecule has 2 heterocycles. The summed E-state index contributed by atoms with van der Waals surface area (Å²) in [7, 11) is 0. The van der Waals surface area contributed by atoms with Gasteiger partial charge in [-0.2, -0.15) is 0 Å². The van der Waals surface area contributed by atoms with E-state index < -0.39 is 11.2 Å². The minimum atomic E-state index is -0.450. The van der Waals surface area contributed by atoms with Gasteiger partial charge in [0, 0.05) is 10.9 Å². The number of hydrogen-bond donors (Lipinski definition) is 2. The summed E-state index contributed by atoms with van der Waals surface area (Å²) in [5.41, 5.74) is 6.88. The van der Waals surface area contributed by atoms with E-state index in [0.717, 1.165) is 22.9 Å². The average molecular weight is 331 g/mol. The van der Waals surface area contributed by atoms with Crippen molar-refractivity contribution in [2.24, 2.45) is 5.73 Å². The molecule has 5 nitrogen and oxygen atoms in total. The first-order valence-corrected chi connectivity index (χ1v) is 8.35. The second-order valence-electron chi connectivity index (χ2n) is 4.73. The SMILES string of the molecule is C[C@@H](Sc1nc2scc(-c3ccccc3)c2c(=O)[nH]1)C(N)=O. The van der Waals surface area contributed by atoms with E-state index in [9.17, 15) is 9.59 Å². The highest BCUT2D eigenvalue weighted by Crippen LogP contribution is 2.31. The molecule has 0 aliphatic heterocycles. The zero-order chi connectivity index (χ0) is 15.7. The van der Waals surface area contributed by atoms with E-state index in [1.807, 2.05) is 35.7 Å². The van der Waals surface area contributed by atoms with Gasteiger partial charge < -0.3 is 10.7 Å². The number of aromatic amines is 1. The molecule has 0 aliphatic rings. The third kappa shape index (κ3) is 2.77. The predicted octanol–water partition coefficient (Wildman–Crippen LogP) is 2.62. The van der Waals surface area contributed by atoms with E-state index in [1.165, 1.54) is 11.3 Å². The van der Waals surface area contributed by atoms with Gasteiger partial charge in [0.2, 0.25) is 5.91 Å². The number of amides is 1. The molecule has 0 aliphatic carbocycles. The Morgan fingerprint density at radius 2 is 2.09 bits per heavy atom. The second-order valence-corrected chi connectivity index (χ2v) is 6.92. The van der Waals surface area contributed by atoms with Crippen molar-refractivity contribution in [2.75, 3.05) is 0 Å². The number of aromatic nitrogens is 2. The fraction of sp³-hybridized carbons (Fsp3) is 0.133. The van der Waals surface area contributed by atoms with E-state index >= 15 is 0 Å². The van der Waals surface area contributed by atoms with Gasteiger partial charge in [-0.25, -0.2) is 4.98 Å². The number of thiophene rings is 1. The van der Waals surface area contributed by atoms with Crippen LogP contribution < -0.4 is 11.3 Å². The largest absolute Gasteiger partial charge is 0.369 e. The van der Waals surface area contributed by atoms with E-state index in [4.69, 9.17) is 5.73 Å². The number of carbonyl (C=O) groups is 1. The smallest absolute Gasteiger partial charge is 0.260 e. The van der Waals surface area contributed by atoms with Crippen LogP contribution in [0.2, 0.25) is 0 Å². The first-order chi connectivity index (χ1) is 10.6. The Kier molecular flexibility index (Phi) is 4.00. The normalized spacial score (nSPS) is 12.4. The van der Waals surface area contributed by atoms with Crippen LogP contribution in [0.3, 0.4) is 0 Å². The maximum absolute atomic E-state index is 12.4. The average Bonchev–Trinajstić information content (AvgIpc) is 2.92. The van der Waals surface area contributed by atoms with Crippen molar-refractivity contribution in [2.45, 2.75) is 17.3 Å². The lowest BCUT2D eigenvalue weighted by atomic mass is 10.1. The van der Waals surface area contributed by atoms with Crippen LogP contribution in [0.5, 0.6) is 0 Å². The van der Waals surface area contributed by atoms with Gasteiger partial charge in [-0.15, -0.1) is 11.3 Å². The molecule has 0 bridgehead atoms. The van der Waals surface area contributed by atoms with Gasteiger partial charge in [0.25, 0.3) is 5.56 Å². The first-order valence-electron chi connectivity index (χ1n) is 6.59. The number of nitrogens with one attached hydrogen (secondary N) is 1. The molecule has 0 spiro atoms. The minimum Gasteiger partial charge on any atom is -0.369 e. The summed E-state index contributed by atoms with van der Waals surface area (Å²) in [6, 6.07) is 9.70. The summed E-state index contributed by atoms with van der Waals surface area (Å²) >= 11 is 2.56. The fourth-order valence-corrected chi connectivity index (χ4v) is 3.79. The molecule has 3 N–H and O–H groups in total. The molecule has 0 saturated carbocycles. The molecule has 1 atom stereocenters. The van der Waals surface area contributed by atoms with E-state index in [-0.39, 0.29) is 5.56 Å². The molecule has 0 fully saturated rings. The van der Waals surface area contributed by atoms with Crippen LogP contribution in [0.4, 0.5) is 0 Å². The van der Waals surface area contributed by atoms with Crippen LogP contribution in [0.1, 0.15) is 6.92 Å². The maximum Gasteiger partial charge on any atom is 0.260 e. The number of H-pyrrole nitrogens is 1. The highest BCUT2D eigenvalue weighted by atomic mass is 32.2. The molecular formula is C15H13N3O2S2. The van der Waals surface area contributed by atoms with Crippen LogP contribution in [-0.4, -0.2) is 21.1 Å². The van der Waals surface area contributed by atoms with Gasteiger partial charge in [0.1, 0.15) is 4.83 Å². The Morgan fingerprint density at radius 1 is 1.36 bits per heavy atom. The van der Waals surface area contributed by atoms with Crippen molar-refractivity contribution in [1.82, 2.24) is 9.97 Å². The third-order valence-corrected chi connectivity index (χ3v) is 5.07. The number of nitrogens with zero attached hydrogens (tertiary/aromatic N) is 1. The summed E-state index contributed by atoms with van der Waals surface area (Å²) in [6.07, 6.45) is 0. The number of thioether (sulfide) groups is 1. The first kappa shape index (κ1) is 14.8. The number of hydrogen-bond acceptors (Lipinski definition) is 5. The lowest BCUT2D eigenvalue weighted by Crippen LogP contribution is -2.23. The standard InChI is InChI=1S/C15H13N3O2S2/c1-8(12(16)19)22-15-17-13(20)11-10(7-21-14(11)18-15)9-5-3-2-4-6-9/h2-8H,1H3,(H2,16,19)(H,17,18,20)/t8-/m1/s1. The Labute approximate surface area is 134 Å². The molecule has 22 heavy (non-hydrogen) atoms. The number of primary amides is 1. The summed E-state index contributed by atoms with van der Waals surface area (Å²) in [5.74, 6) is -0.441. The molecule has 3 aromatic rings. The zero-order valence-corrected chi connectivity index (χ0v) is 13.3. The van der Waals surface area contributed by atoms with Gasteiger partial charge in [-0.3, -0.25) is 9.59 Å². The molecule has 3 rings (SSSR count). The van der Waals surface area contributed by atoms with Gasteiger partial charge >= 0.3 is 0 Å². The van der Waals surface area contributed by atoms with E-state index in [1.54, 1.807) is 6.92 Å². The van der Waals surface area contributed by atoms with Crippen LogP contribution in [0.15, 0.2) is 45.7 Å². The maximum atomic E-state index is 12.4. The predicted molar refractivity (Wildman–Crippen MR) is 90.2 cm³/mol. The van der Waals surface area contributed by atoms with Gasteiger partial charge in [-0.05, 0) is 12.5 Å². The monoisotopic (exact) mass is 331 g/mol. The Bertz CT molecular complexity index is 887. The van der Waals surface area contributed by atoms with Crippen molar-refractivity contribution < 1.29 is 4.79 Å². The van der Waals surface area contributed by atoms with Crippen molar-refractivity contribution in [1.29, 1.82) is 0 Å². The molecule has 0 unspecified atom stereocenters. The van der Waals surface area contributed by atoms with Gasteiger partial charge in [0.05, 0.1) is 10.6 Å².